The summed E-state index contributed by atoms with van der Waals surface area (Å²) >= 11 is 0. The van der Waals surface area contributed by atoms with Gasteiger partial charge in [-0.1, -0.05) is 12.1 Å². The standard InChI is InChI=1S/C11H12N2O4S/c12-7-9-2-1-3-10(6-9)8-13-18(16,17)5-4-11(14)15/h1-3,6,13H,4-5,8H2,(H,14,15). The van der Waals surface area contributed by atoms with E-state index in [-0.39, 0.29) is 6.54 Å². The van der Waals surface area contributed by atoms with Crippen molar-refractivity contribution >= 4 is 16.0 Å². The first-order valence-electron chi connectivity index (χ1n) is 5.11. The van der Waals surface area contributed by atoms with Crippen LogP contribution in [0.3, 0.4) is 0 Å². The molecule has 6 nitrogen and oxygen atoms in total. The van der Waals surface area contributed by atoms with E-state index >= 15 is 0 Å². The molecular formula is C11H12N2O4S. The number of aliphatic carboxylic acids is 1. The molecule has 0 aliphatic carbocycles. The zero-order chi connectivity index (χ0) is 13.6. The number of nitrogens with one attached hydrogen (secondary N) is 1. The summed E-state index contributed by atoms with van der Waals surface area (Å²) in [5.74, 6) is -1.62. The Balaban J connectivity index is 2.59. The van der Waals surface area contributed by atoms with Crippen LogP contribution in [0.5, 0.6) is 0 Å². The summed E-state index contributed by atoms with van der Waals surface area (Å²) in [6, 6.07) is 8.47. The highest BCUT2D eigenvalue weighted by Gasteiger charge is 2.12. The SMILES string of the molecule is N#Cc1cccc(CNS(=O)(=O)CCC(=O)O)c1. The first-order chi connectivity index (χ1) is 8.43. The molecule has 0 aliphatic heterocycles. The summed E-state index contributed by atoms with van der Waals surface area (Å²) < 4.78 is 25.1. The Labute approximate surface area is 105 Å². The molecule has 0 unspecified atom stereocenters. The summed E-state index contributed by atoms with van der Waals surface area (Å²) in [6.45, 7) is 0.0392. The van der Waals surface area contributed by atoms with Gasteiger partial charge in [-0.15, -0.1) is 0 Å². The molecule has 0 aromatic heterocycles. The second kappa shape index (κ2) is 6.14. The minimum Gasteiger partial charge on any atom is -0.481 e. The van der Waals surface area contributed by atoms with Gasteiger partial charge in [0.2, 0.25) is 10.0 Å². The van der Waals surface area contributed by atoms with Crippen LogP contribution < -0.4 is 4.72 Å². The summed E-state index contributed by atoms with van der Waals surface area (Å²) in [7, 11) is -3.61. The van der Waals surface area contributed by atoms with Crippen molar-refractivity contribution in [3.63, 3.8) is 0 Å². The molecule has 2 N–H and O–H groups in total. The molecule has 0 aliphatic rings. The molecule has 0 heterocycles. The number of carboxylic acids is 1. The van der Waals surface area contributed by atoms with E-state index in [4.69, 9.17) is 10.4 Å². The van der Waals surface area contributed by atoms with Gasteiger partial charge in [-0.2, -0.15) is 5.26 Å². The lowest BCUT2D eigenvalue weighted by Gasteiger charge is -2.05. The molecule has 1 aromatic rings. The van der Waals surface area contributed by atoms with Gasteiger partial charge in [-0.3, -0.25) is 4.79 Å². The molecular weight excluding hydrogens is 256 g/mol. The number of nitriles is 1. The maximum Gasteiger partial charge on any atom is 0.304 e. The largest absolute Gasteiger partial charge is 0.481 e. The van der Waals surface area contributed by atoms with Crippen LogP contribution in [0.15, 0.2) is 24.3 Å². The first kappa shape index (κ1) is 14.2. The molecule has 1 aromatic carbocycles. The van der Waals surface area contributed by atoms with E-state index in [9.17, 15) is 13.2 Å². The third-order valence-electron chi connectivity index (χ3n) is 2.14. The van der Waals surface area contributed by atoms with Crippen LogP contribution in [-0.4, -0.2) is 25.2 Å². The van der Waals surface area contributed by atoms with Crippen molar-refractivity contribution in [3.05, 3.63) is 35.4 Å². The van der Waals surface area contributed by atoms with Crippen molar-refractivity contribution in [1.82, 2.24) is 4.72 Å². The number of carboxylic acid groups (broad SMARTS) is 1. The summed E-state index contributed by atoms with van der Waals surface area (Å²) in [5.41, 5.74) is 1.09. The van der Waals surface area contributed by atoms with Crippen molar-refractivity contribution in [2.24, 2.45) is 0 Å². The highest BCUT2D eigenvalue weighted by atomic mass is 32.2. The lowest BCUT2D eigenvalue weighted by molar-refractivity contribution is -0.136. The number of benzene rings is 1. The minimum atomic E-state index is -3.61. The molecule has 0 saturated carbocycles. The van der Waals surface area contributed by atoms with Gasteiger partial charge in [0.25, 0.3) is 0 Å². The minimum absolute atomic E-state index is 0.0392. The van der Waals surface area contributed by atoms with Crippen LogP contribution >= 0.6 is 0 Å². The van der Waals surface area contributed by atoms with Crippen LogP contribution in [0, 0.1) is 11.3 Å². The van der Waals surface area contributed by atoms with Crippen LogP contribution in [0.2, 0.25) is 0 Å². The Hall–Kier alpha value is -1.91. The molecule has 7 heteroatoms. The number of hydrogen-bond acceptors (Lipinski definition) is 4. The van der Waals surface area contributed by atoms with Gasteiger partial charge in [0, 0.05) is 6.54 Å². The van der Waals surface area contributed by atoms with Gasteiger partial charge >= 0.3 is 5.97 Å². The fourth-order valence-electron chi connectivity index (χ4n) is 1.24. The van der Waals surface area contributed by atoms with Gasteiger partial charge in [-0.05, 0) is 17.7 Å². The first-order valence-corrected chi connectivity index (χ1v) is 6.76. The van der Waals surface area contributed by atoms with E-state index in [1.54, 1.807) is 24.3 Å². The lowest BCUT2D eigenvalue weighted by atomic mass is 10.1. The van der Waals surface area contributed by atoms with E-state index in [1.165, 1.54) is 0 Å². The van der Waals surface area contributed by atoms with Crippen molar-refractivity contribution in [3.8, 4) is 6.07 Å². The smallest absolute Gasteiger partial charge is 0.304 e. The molecule has 96 valence electrons. The van der Waals surface area contributed by atoms with Crippen LogP contribution in [0.4, 0.5) is 0 Å². The molecule has 0 amide bonds. The highest BCUT2D eigenvalue weighted by molar-refractivity contribution is 7.89. The van der Waals surface area contributed by atoms with E-state index in [2.05, 4.69) is 4.72 Å². The third kappa shape index (κ3) is 4.95. The van der Waals surface area contributed by atoms with E-state index in [0.29, 0.717) is 11.1 Å². The maximum absolute atomic E-state index is 11.4. The van der Waals surface area contributed by atoms with E-state index < -0.39 is 28.2 Å². The zero-order valence-electron chi connectivity index (χ0n) is 9.46. The molecule has 1 rings (SSSR count). The fourth-order valence-corrected chi connectivity index (χ4v) is 2.21. The van der Waals surface area contributed by atoms with Crippen molar-refractivity contribution < 1.29 is 18.3 Å². The van der Waals surface area contributed by atoms with Crippen LogP contribution in [-0.2, 0) is 21.4 Å². The molecule has 0 spiro atoms. The van der Waals surface area contributed by atoms with Gasteiger partial charge in [0.05, 0.1) is 23.8 Å². The average Bonchev–Trinajstić information content (AvgIpc) is 2.35. The number of rotatable bonds is 6. The zero-order valence-corrected chi connectivity index (χ0v) is 10.3. The summed E-state index contributed by atoms with van der Waals surface area (Å²) in [6.07, 6.45) is -0.437. The molecule has 0 radical (unpaired) electrons. The molecule has 0 bridgehead atoms. The Morgan fingerprint density at radius 3 is 2.78 bits per heavy atom. The molecule has 0 atom stereocenters. The maximum atomic E-state index is 11.4. The molecule has 0 saturated heterocycles. The average molecular weight is 268 g/mol. The number of sulfonamides is 1. The topological polar surface area (TPSA) is 107 Å². The normalized spacial score (nSPS) is 10.8. The van der Waals surface area contributed by atoms with Crippen LogP contribution in [0.25, 0.3) is 0 Å². The van der Waals surface area contributed by atoms with E-state index in [1.807, 2.05) is 6.07 Å². The van der Waals surface area contributed by atoms with Crippen molar-refractivity contribution in [2.75, 3.05) is 5.75 Å². The Morgan fingerprint density at radius 1 is 1.44 bits per heavy atom. The second-order valence-electron chi connectivity index (χ2n) is 3.60. The Kier molecular flexibility index (Phi) is 4.83. The summed E-state index contributed by atoms with van der Waals surface area (Å²) in [5, 5.41) is 17.1. The monoisotopic (exact) mass is 268 g/mol. The van der Waals surface area contributed by atoms with Gasteiger partial charge in [0.15, 0.2) is 0 Å². The van der Waals surface area contributed by atoms with Crippen LogP contribution in [0.1, 0.15) is 17.5 Å². The van der Waals surface area contributed by atoms with Gasteiger partial charge in [0.1, 0.15) is 0 Å². The van der Waals surface area contributed by atoms with Crippen molar-refractivity contribution in [1.29, 1.82) is 5.26 Å². The molecule has 18 heavy (non-hydrogen) atoms. The Bertz CT molecular complexity index is 575. The number of nitrogens with zero attached hydrogens (tertiary/aromatic N) is 1. The molecule has 0 fully saturated rings. The highest BCUT2D eigenvalue weighted by Crippen LogP contribution is 2.04. The van der Waals surface area contributed by atoms with Gasteiger partial charge in [-0.25, -0.2) is 13.1 Å². The predicted octanol–water partition coefficient (Wildman–Crippen LogP) is 0.452. The number of carbonyl (C=O) groups is 1. The quantitative estimate of drug-likeness (QED) is 0.779. The summed E-state index contributed by atoms with van der Waals surface area (Å²) in [4.78, 5) is 10.3. The number of hydrogen-bond donors (Lipinski definition) is 2. The third-order valence-corrected chi connectivity index (χ3v) is 3.46. The van der Waals surface area contributed by atoms with Gasteiger partial charge < -0.3 is 5.11 Å². The van der Waals surface area contributed by atoms with E-state index in [0.717, 1.165) is 0 Å². The fraction of sp³-hybridized carbons (Fsp3) is 0.273. The predicted molar refractivity (Wildman–Crippen MR) is 64.0 cm³/mol. The Morgan fingerprint density at radius 2 is 2.17 bits per heavy atom. The second-order valence-corrected chi connectivity index (χ2v) is 5.52. The lowest BCUT2D eigenvalue weighted by Crippen LogP contribution is -2.27. The van der Waals surface area contributed by atoms with Crippen molar-refractivity contribution in [2.45, 2.75) is 13.0 Å².